The van der Waals surface area contributed by atoms with Crippen LogP contribution in [0.4, 0.5) is 0 Å². The summed E-state index contributed by atoms with van der Waals surface area (Å²) in [7, 11) is 0. The zero-order valence-corrected chi connectivity index (χ0v) is 16.5. The Hall–Kier alpha value is -0.260. The topological polar surface area (TPSA) is 0 Å². The predicted molar refractivity (Wildman–Crippen MR) is 106 cm³/mol. The van der Waals surface area contributed by atoms with Gasteiger partial charge in [-0.3, -0.25) is 0 Å². The molecule has 0 heterocycles. The molecule has 3 unspecified atom stereocenters. The van der Waals surface area contributed by atoms with Gasteiger partial charge in [0.1, 0.15) is 0 Å². The molecule has 0 N–H and O–H groups in total. The highest BCUT2D eigenvalue weighted by Crippen LogP contribution is 2.48. The van der Waals surface area contributed by atoms with Crippen molar-refractivity contribution in [1.29, 1.82) is 0 Å². The molecule has 0 aromatic carbocycles. The van der Waals surface area contributed by atoms with E-state index in [1.807, 2.05) is 0 Å². The third-order valence-corrected chi connectivity index (χ3v) is 5.93. The summed E-state index contributed by atoms with van der Waals surface area (Å²) in [6.07, 6.45) is 26.2. The van der Waals surface area contributed by atoms with E-state index >= 15 is 0 Å². The van der Waals surface area contributed by atoms with Crippen LogP contribution >= 0.6 is 0 Å². The Kier molecular flexibility index (Phi) is 12.8. The highest BCUT2D eigenvalue weighted by molar-refractivity contribution is 4.88. The van der Waals surface area contributed by atoms with Crippen molar-refractivity contribution in [1.82, 2.24) is 0 Å². The van der Waals surface area contributed by atoms with Crippen LogP contribution in [0.1, 0.15) is 117 Å². The third kappa shape index (κ3) is 8.96. The van der Waals surface area contributed by atoms with E-state index in [2.05, 4.69) is 32.9 Å². The number of unbranched alkanes of at least 4 members (excludes halogenated alkanes) is 7. The van der Waals surface area contributed by atoms with Crippen molar-refractivity contribution in [3.8, 4) is 0 Å². The van der Waals surface area contributed by atoms with E-state index < -0.39 is 0 Å². The smallest absolute Gasteiger partial charge is 0.0351 e. The molecule has 0 spiro atoms. The summed E-state index contributed by atoms with van der Waals surface area (Å²) in [5.74, 6) is 3.26. The van der Waals surface area contributed by atoms with Gasteiger partial charge in [0.15, 0.2) is 0 Å². The molecule has 0 bridgehead atoms. The molecule has 1 saturated carbocycles. The fourth-order valence-electron chi connectivity index (χ4n) is 4.54. The standard InChI is InChI=1S/C23H44/c1-4-7-8-9-10-11-12-13-14-15-16-19-22-20-21(17-5-2)23(22)18-6-3/h10-11,21-23H,4-9,12-20H2,1-3H3. The molecule has 136 valence electrons. The van der Waals surface area contributed by atoms with E-state index in [4.69, 9.17) is 0 Å². The van der Waals surface area contributed by atoms with E-state index in [0.29, 0.717) is 0 Å². The second kappa shape index (κ2) is 14.1. The average molecular weight is 321 g/mol. The van der Waals surface area contributed by atoms with Crippen LogP contribution in [0.5, 0.6) is 0 Å². The summed E-state index contributed by atoms with van der Waals surface area (Å²) in [4.78, 5) is 0. The molecule has 0 saturated heterocycles. The van der Waals surface area contributed by atoms with Gasteiger partial charge < -0.3 is 0 Å². The van der Waals surface area contributed by atoms with Crippen LogP contribution in [0, 0.1) is 17.8 Å². The van der Waals surface area contributed by atoms with Crippen molar-refractivity contribution in [2.45, 2.75) is 117 Å². The minimum Gasteiger partial charge on any atom is -0.0885 e. The van der Waals surface area contributed by atoms with E-state index in [1.54, 1.807) is 6.42 Å². The largest absolute Gasteiger partial charge is 0.0885 e. The zero-order chi connectivity index (χ0) is 16.8. The molecule has 0 nitrogen and oxygen atoms in total. The minimum atomic E-state index is 1.09. The fourth-order valence-corrected chi connectivity index (χ4v) is 4.54. The first-order chi connectivity index (χ1) is 11.3. The van der Waals surface area contributed by atoms with Gasteiger partial charge in [-0.05, 0) is 49.9 Å². The molecular weight excluding hydrogens is 276 g/mol. The molecule has 1 aliphatic carbocycles. The first-order valence-electron chi connectivity index (χ1n) is 11.0. The molecule has 0 aromatic heterocycles. The van der Waals surface area contributed by atoms with Crippen molar-refractivity contribution in [3.05, 3.63) is 12.2 Å². The van der Waals surface area contributed by atoms with Gasteiger partial charge in [0, 0.05) is 0 Å². The Labute approximate surface area is 147 Å². The molecule has 1 fully saturated rings. The lowest BCUT2D eigenvalue weighted by molar-refractivity contribution is 0.0463. The zero-order valence-electron chi connectivity index (χ0n) is 16.5. The highest BCUT2D eigenvalue weighted by atomic mass is 14.4. The van der Waals surface area contributed by atoms with Crippen molar-refractivity contribution in [3.63, 3.8) is 0 Å². The average Bonchev–Trinajstić information content (AvgIpc) is 2.55. The maximum atomic E-state index is 2.42. The van der Waals surface area contributed by atoms with Crippen LogP contribution in [-0.2, 0) is 0 Å². The van der Waals surface area contributed by atoms with Gasteiger partial charge in [-0.2, -0.15) is 0 Å². The Morgan fingerprint density at radius 2 is 1.22 bits per heavy atom. The van der Waals surface area contributed by atoms with E-state index in [-0.39, 0.29) is 0 Å². The fraction of sp³-hybridized carbons (Fsp3) is 0.913. The van der Waals surface area contributed by atoms with Gasteiger partial charge in [0.2, 0.25) is 0 Å². The lowest BCUT2D eigenvalue weighted by atomic mass is 9.60. The second-order valence-corrected chi connectivity index (χ2v) is 7.96. The second-order valence-electron chi connectivity index (χ2n) is 7.96. The first kappa shape index (κ1) is 20.8. The van der Waals surface area contributed by atoms with Gasteiger partial charge in [0.25, 0.3) is 0 Å². The van der Waals surface area contributed by atoms with Gasteiger partial charge >= 0.3 is 0 Å². The molecule has 0 amide bonds. The van der Waals surface area contributed by atoms with Crippen LogP contribution in [0.2, 0.25) is 0 Å². The number of hydrogen-bond acceptors (Lipinski definition) is 0. The predicted octanol–water partition coefficient (Wildman–Crippen LogP) is 8.32. The molecule has 3 atom stereocenters. The third-order valence-electron chi connectivity index (χ3n) is 5.93. The van der Waals surface area contributed by atoms with Gasteiger partial charge in [-0.1, -0.05) is 97.1 Å². The first-order valence-corrected chi connectivity index (χ1v) is 11.0. The van der Waals surface area contributed by atoms with Crippen LogP contribution < -0.4 is 0 Å². The van der Waals surface area contributed by atoms with Gasteiger partial charge in [-0.25, -0.2) is 0 Å². The highest BCUT2D eigenvalue weighted by Gasteiger charge is 2.38. The van der Waals surface area contributed by atoms with Crippen LogP contribution in [0.25, 0.3) is 0 Å². The summed E-state index contributed by atoms with van der Waals surface area (Å²) < 4.78 is 0. The Bertz CT molecular complexity index is 278. The normalized spacial score (nSPS) is 24.2. The molecule has 0 aromatic rings. The summed E-state index contributed by atoms with van der Waals surface area (Å²) in [6, 6.07) is 0. The summed E-state index contributed by atoms with van der Waals surface area (Å²) >= 11 is 0. The molecule has 0 aliphatic heterocycles. The van der Waals surface area contributed by atoms with E-state index in [1.165, 1.54) is 89.9 Å². The van der Waals surface area contributed by atoms with Crippen LogP contribution in [-0.4, -0.2) is 0 Å². The lowest BCUT2D eigenvalue weighted by Crippen LogP contribution is -2.36. The maximum Gasteiger partial charge on any atom is -0.0351 e. The number of rotatable bonds is 15. The van der Waals surface area contributed by atoms with E-state index in [9.17, 15) is 0 Å². The molecule has 1 rings (SSSR count). The molecule has 1 aliphatic rings. The quantitative estimate of drug-likeness (QED) is 0.210. The molecule has 0 heteroatoms. The monoisotopic (exact) mass is 320 g/mol. The maximum absolute atomic E-state index is 2.42. The molecular formula is C23H44. The molecule has 23 heavy (non-hydrogen) atoms. The number of allylic oxidation sites excluding steroid dienone is 2. The van der Waals surface area contributed by atoms with Crippen molar-refractivity contribution in [2.75, 3.05) is 0 Å². The van der Waals surface area contributed by atoms with E-state index in [0.717, 1.165) is 17.8 Å². The van der Waals surface area contributed by atoms with Crippen LogP contribution in [0.3, 0.4) is 0 Å². The Morgan fingerprint density at radius 3 is 1.87 bits per heavy atom. The van der Waals surface area contributed by atoms with Crippen LogP contribution in [0.15, 0.2) is 12.2 Å². The SMILES string of the molecule is CCCCCC=CCCCCCCC1CC(CCC)C1CCC. The lowest BCUT2D eigenvalue weighted by Gasteiger charge is -2.45. The van der Waals surface area contributed by atoms with Gasteiger partial charge in [-0.15, -0.1) is 0 Å². The van der Waals surface area contributed by atoms with Crippen molar-refractivity contribution < 1.29 is 0 Å². The van der Waals surface area contributed by atoms with Gasteiger partial charge in [0.05, 0.1) is 0 Å². The number of hydrogen-bond donors (Lipinski definition) is 0. The minimum absolute atomic E-state index is 1.09. The molecule has 0 radical (unpaired) electrons. The Morgan fingerprint density at radius 1 is 0.609 bits per heavy atom. The van der Waals surface area contributed by atoms with Crippen molar-refractivity contribution >= 4 is 0 Å². The Balaban J connectivity index is 1.94. The summed E-state index contributed by atoms with van der Waals surface area (Å²) in [5, 5.41) is 0. The van der Waals surface area contributed by atoms with Crippen molar-refractivity contribution in [2.24, 2.45) is 17.8 Å². The summed E-state index contributed by atoms with van der Waals surface area (Å²) in [5.41, 5.74) is 0. The summed E-state index contributed by atoms with van der Waals surface area (Å²) in [6.45, 7) is 7.00.